The minimum absolute atomic E-state index is 0.00641. The van der Waals surface area contributed by atoms with Crippen molar-refractivity contribution in [2.24, 2.45) is 0 Å². The first kappa shape index (κ1) is 15.7. The number of carbonyl (C=O) groups excluding carboxylic acids is 2. The van der Waals surface area contributed by atoms with Crippen LogP contribution in [0, 0.1) is 0 Å². The molecule has 0 fully saturated rings. The second-order valence-corrected chi connectivity index (χ2v) is 4.56. The molecule has 1 heterocycles. The summed E-state index contributed by atoms with van der Waals surface area (Å²) in [7, 11) is 0. The van der Waals surface area contributed by atoms with Gasteiger partial charge in [0.25, 0.3) is 5.91 Å². The highest BCUT2D eigenvalue weighted by molar-refractivity contribution is 5.94. The van der Waals surface area contributed by atoms with Crippen LogP contribution in [0.5, 0.6) is 0 Å². The third-order valence-corrected chi connectivity index (χ3v) is 3.02. The summed E-state index contributed by atoms with van der Waals surface area (Å²) >= 11 is 0. The van der Waals surface area contributed by atoms with Gasteiger partial charge in [-0.1, -0.05) is 6.92 Å². The van der Waals surface area contributed by atoms with E-state index in [1.54, 1.807) is 6.92 Å². The van der Waals surface area contributed by atoms with Gasteiger partial charge in [-0.05, 0) is 19.4 Å². The van der Waals surface area contributed by atoms with Crippen LogP contribution in [0.15, 0.2) is 23.0 Å². The van der Waals surface area contributed by atoms with Crippen molar-refractivity contribution in [1.82, 2.24) is 10.6 Å². The maximum Gasteiger partial charge on any atom is 0.329 e. The number of furan rings is 1. The summed E-state index contributed by atoms with van der Waals surface area (Å²) in [6, 6.07) is 1.51. The Balaban J connectivity index is 2.37. The molecular formula is C13H18N2O5. The molecule has 1 aromatic heterocycles. The Kier molecular flexibility index (Phi) is 5.31. The highest BCUT2D eigenvalue weighted by Crippen LogP contribution is 2.09. The first-order valence-corrected chi connectivity index (χ1v) is 6.24. The number of rotatable bonds is 7. The Morgan fingerprint density at radius 3 is 2.60 bits per heavy atom. The molecule has 110 valence electrons. The first-order chi connectivity index (χ1) is 9.39. The van der Waals surface area contributed by atoms with Crippen LogP contribution in [0.3, 0.4) is 0 Å². The number of amides is 2. The van der Waals surface area contributed by atoms with Crippen LogP contribution in [-0.4, -0.2) is 35.0 Å². The summed E-state index contributed by atoms with van der Waals surface area (Å²) in [4.78, 5) is 34.2. The number of hydrogen-bond acceptors (Lipinski definition) is 4. The fraction of sp³-hybridized carbons (Fsp3) is 0.462. The highest BCUT2D eigenvalue weighted by Gasteiger charge is 2.32. The number of carboxylic acids is 1. The molecule has 1 aromatic rings. The molecule has 3 N–H and O–H groups in total. The average molecular weight is 282 g/mol. The summed E-state index contributed by atoms with van der Waals surface area (Å²) in [5.41, 5.74) is -0.916. The second kappa shape index (κ2) is 6.74. The molecule has 0 spiro atoms. The van der Waals surface area contributed by atoms with Gasteiger partial charge in [0.1, 0.15) is 11.8 Å². The summed E-state index contributed by atoms with van der Waals surface area (Å²) in [6.45, 7) is 3.24. The van der Waals surface area contributed by atoms with Crippen molar-refractivity contribution in [2.75, 3.05) is 6.54 Å². The van der Waals surface area contributed by atoms with Crippen molar-refractivity contribution in [3.63, 3.8) is 0 Å². The molecule has 0 aromatic carbocycles. The van der Waals surface area contributed by atoms with Crippen LogP contribution in [0.25, 0.3) is 0 Å². The third-order valence-electron chi connectivity index (χ3n) is 3.02. The van der Waals surface area contributed by atoms with E-state index in [0.29, 0.717) is 5.56 Å². The third kappa shape index (κ3) is 4.11. The van der Waals surface area contributed by atoms with Gasteiger partial charge < -0.3 is 20.2 Å². The molecule has 1 unspecified atom stereocenters. The summed E-state index contributed by atoms with van der Waals surface area (Å²) in [6.07, 6.45) is 2.96. The Morgan fingerprint density at radius 1 is 1.40 bits per heavy atom. The van der Waals surface area contributed by atoms with Gasteiger partial charge in [-0.2, -0.15) is 0 Å². The van der Waals surface area contributed by atoms with E-state index >= 15 is 0 Å². The molecular weight excluding hydrogens is 264 g/mol. The topological polar surface area (TPSA) is 109 Å². The molecule has 1 rings (SSSR count). The Labute approximate surface area is 116 Å². The average Bonchev–Trinajstić information content (AvgIpc) is 2.92. The van der Waals surface area contributed by atoms with Crippen LogP contribution in [0.4, 0.5) is 0 Å². The van der Waals surface area contributed by atoms with Gasteiger partial charge in [0.2, 0.25) is 5.91 Å². The smallest absolute Gasteiger partial charge is 0.329 e. The summed E-state index contributed by atoms with van der Waals surface area (Å²) in [5, 5.41) is 14.0. The fourth-order valence-corrected chi connectivity index (χ4v) is 1.45. The molecule has 0 saturated heterocycles. The minimum atomic E-state index is -1.29. The number of aliphatic carboxylic acids is 1. The normalized spacial score (nSPS) is 13.3. The van der Waals surface area contributed by atoms with E-state index in [1.165, 1.54) is 25.5 Å². The largest absolute Gasteiger partial charge is 0.480 e. The maximum absolute atomic E-state index is 11.6. The van der Waals surface area contributed by atoms with Crippen LogP contribution in [-0.2, 0) is 9.59 Å². The van der Waals surface area contributed by atoms with E-state index in [0.717, 1.165) is 0 Å². The zero-order valence-electron chi connectivity index (χ0n) is 11.4. The van der Waals surface area contributed by atoms with E-state index in [-0.39, 0.29) is 25.3 Å². The minimum Gasteiger partial charge on any atom is -0.480 e. The van der Waals surface area contributed by atoms with Crippen molar-refractivity contribution in [1.29, 1.82) is 0 Å². The highest BCUT2D eigenvalue weighted by atomic mass is 16.4. The van der Waals surface area contributed by atoms with Crippen molar-refractivity contribution >= 4 is 17.8 Å². The molecule has 0 aliphatic carbocycles. The first-order valence-electron chi connectivity index (χ1n) is 6.24. The van der Waals surface area contributed by atoms with Gasteiger partial charge in [-0.25, -0.2) is 4.79 Å². The SMILES string of the molecule is CCC(C)(NC(=O)CCNC(=O)c1ccoc1)C(=O)O. The molecule has 0 saturated carbocycles. The number of nitrogens with one attached hydrogen (secondary N) is 2. The molecule has 1 atom stereocenters. The maximum atomic E-state index is 11.6. The van der Waals surface area contributed by atoms with E-state index in [2.05, 4.69) is 10.6 Å². The van der Waals surface area contributed by atoms with Gasteiger partial charge in [-0.3, -0.25) is 9.59 Å². The van der Waals surface area contributed by atoms with Gasteiger partial charge >= 0.3 is 5.97 Å². The van der Waals surface area contributed by atoms with Crippen molar-refractivity contribution in [2.45, 2.75) is 32.2 Å². The van der Waals surface area contributed by atoms with Crippen LogP contribution in [0.1, 0.15) is 37.0 Å². The fourth-order valence-electron chi connectivity index (χ4n) is 1.45. The van der Waals surface area contributed by atoms with Crippen molar-refractivity contribution in [3.8, 4) is 0 Å². The Morgan fingerprint density at radius 2 is 2.10 bits per heavy atom. The van der Waals surface area contributed by atoms with E-state index in [9.17, 15) is 14.4 Å². The van der Waals surface area contributed by atoms with Crippen molar-refractivity contribution < 1.29 is 23.9 Å². The van der Waals surface area contributed by atoms with Gasteiger partial charge in [-0.15, -0.1) is 0 Å². The summed E-state index contributed by atoms with van der Waals surface area (Å²) < 4.78 is 4.76. The molecule has 2 amide bonds. The van der Waals surface area contributed by atoms with Gasteiger partial charge in [0.05, 0.1) is 11.8 Å². The van der Waals surface area contributed by atoms with E-state index in [4.69, 9.17) is 9.52 Å². The van der Waals surface area contributed by atoms with Crippen LogP contribution >= 0.6 is 0 Å². The molecule has 7 nitrogen and oxygen atoms in total. The lowest BCUT2D eigenvalue weighted by molar-refractivity contribution is -0.147. The Hall–Kier alpha value is -2.31. The number of carbonyl (C=O) groups is 3. The monoisotopic (exact) mass is 282 g/mol. The van der Waals surface area contributed by atoms with Crippen molar-refractivity contribution in [3.05, 3.63) is 24.2 Å². The molecule has 0 aliphatic rings. The summed E-state index contributed by atoms with van der Waals surface area (Å²) in [5.74, 6) is -1.86. The van der Waals surface area contributed by atoms with E-state index < -0.39 is 17.4 Å². The molecule has 0 bridgehead atoms. The zero-order chi connectivity index (χ0) is 15.2. The molecule has 0 radical (unpaired) electrons. The van der Waals surface area contributed by atoms with E-state index in [1.807, 2.05) is 0 Å². The van der Waals surface area contributed by atoms with Gasteiger partial charge in [0.15, 0.2) is 0 Å². The Bertz CT molecular complexity index is 483. The second-order valence-electron chi connectivity index (χ2n) is 4.56. The standard InChI is InChI=1S/C13H18N2O5/c1-3-13(2,12(18)19)15-10(16)4-6-14-11(17)9-5-7-20-8-9/h5,7-8H,3-4,6H2,1-2H3,(H,14,17)(H,15,16)(H,18,19). The molecule has 7 heteroatoms. The zero-order valence-corrected chi connectivity index (χ0v) is 11.4. The molecule has 0 aliphatic heterocycles. The lowest BCUT2D eigenvalue weighted by Gasteiger charge is -2.24. The molecule has 20 heavy (non-hydrogen) atoms. The lowest BCUT2D eigenvalue weighted by Crippen LogP contribution is -2.52. The van der Waals surface area contributed by atoms with Gasteiger partial charge in [0, 0.05) is 13.0 Å². The number of hydrogen-bond donors (Lipinski definition) is 3. The predicted molar refractivity (Wildman–Crippen MR) is 70.1 cm³/mol. The van der Waals surface area contributed by atoms with Crippen LogP contribution in [0.2, 0.25) is 0 Å². The number of carboxylic acid groups (broad SMARTS) is 1. The quantitative estimate of drug-likeness (QED) is 0.684. The van der Waals surface area contributed by atoms with Crippen LogP contribution < -0.4 is 10.6 Å². The lowest BCUT2D eigenvalue weighted by atomic mass is 9.99. The predicted octanol–water partition coefficient (Wildman–Crippen LogP) is 0.769.